The molecule has 10 heavy (non-hydrogen) atoms. The van der Waals surface area contributed by atoms with Crippen molar-refractivity contribution in [1.29, 1.82) is 0 Å². The molecule has 0 aliphatic carbocycles. The van der Waals surface area contributed by atoms with Crippen LogP contribution in [0.2, 0.25) is 0 Å². The monoisotopic (exact) mass is 142 g/mol. The fraction of sp³-hybridized carbons (Fsp3) is 0.750. The minimum Gasteiger partial charge on any atom is -0.498 e. The van der Waals surface area contributed by atoms with E-state index in [1.807, 2.05) is 6.92 Å². The van der Waals surface area contributed by atoms with E-state index in [-0.39, 0.29) is 18.1 Å². The SMILES string of the molecule is CC[C@H]1OC=C[C@@H](O)[C@@H]1C. The molecule has 0 aromatic heterocycles. The molecule has 2 heteroatoms. The van der Waals surface area contributed by atoms with E-state index in [1.54, 1.807) is 12.3 Å². The largest absolute Gasteiger partial charge is 0.498 e. The topological polar surface area (TPSA) is 29.5 Å². The molecule has 3 atom stereocenters. The molecule has 2 nitrogen and oxygen atoms in total. The maximum Gasteiger partial charge on any atom is 0.103 e. The molecule has 0 bridgehead atoms. The molecule has 1 N–H and O–H groups in total. The van der Waals surface area contributed by atoms with Crippen LogP contribution in [0.15, 0.2) is 12.3 Å². The smallest absolute Gasteiger partial charge is 0.103 e. The third kappa shape index (κ3) is 1.32. The first-order chi connectivity index (χ1) is 4.75. The van der Waals surface area contributed by atoms with Gasteiger partial charge < -0.3 is 9.84 Å². The molecule has 1 aliphatic rings. The summed E-state index contributed by atoms with van der Waals surface area (Å²) in [6.07, 6.45) is 4.12. The summed E-state index contributed by atoms with van der Waals surface area (Å²) in [5.74, 6) is 0.231. The first-order valence-corrected chi connectivity index (χ1v) is 3.76. The van der Waals surface area contributed by atoms with Crippen LogP contribution in [0, 0.1) is 5.92 Å². The first kappa shape index (κ1) is 7.61. The molecule has 0 spiro atoms. The Bertz CT molecular complexity index is 131. The van der Waals surface area contributed by atoms with Gasteiger partial charge in [0, 0.05) is 5.92 Å². The highest BCUT2D eigenvalue weighted by atomic mass is 16.5. The molecular weight excluding hydrogens is 128 g/mol. The molecule has 0 amide bonds. The lowest BCUT2D eigenvalue weighted by Gasteiger charge is -2.28. The van der Waals surface area contributed by atoms with Gasteiger partial charge in [-0.1, -0.05) is 13.8 Å². The van der Waals surface area contributed by atoms with Crippen LogP contribution in [0.1, 0.15) is 20.3 Å². The van der Waals surface area contributed by atoms with Gasteiger partial charge in [-0.3, -0.25) is 0 Å². The van der Waals surface area contributed by atoms with Gasteiger partial charge >= 0.3 is 0 Å². The minimum atomic E-state index is -0.321. The second-order valence-electron chi connectivity index (χ2n) is 2.76. The number of rotatable bonds is 1. The summed E-state index contributed by atoms with van der Waals surface area (Å²) in [4.78, 5) is 0. The zero-order valence-electron chi connectivity index (χ0n) is 6.45. The summed E-state index contributed by atoms with van der Waals surface area (Å²) in [6, 6.07) is 0. The van der Waals surface area contributed by atoms with Crippen LogP contribution in [0.4, 0.5) is 0 Å². The Morgan fingerprint density at radius 2 is 2.30 bits per heavy atom. The zero-order valence-corrected chi connectivity index (χ0v) is 6.45. The van der Waals surface area contributed by atoms with Crippen molar-refractivity contribution in [3.8, 4) is 0 Å². The molecule has 0 fully saturated rings. The van der Waals surface area contributed by atoms with E-state index < -0.39 is 0 Å². The van der Waals surface area contributed by atoms with Gasteiger partial charge in [0.25, 0.3) is 0 Å². The van der Waals surface area contributed by atoms with Crippen molar-refractivity contribution in [1.82, 2.24) is 0 Å². The minimum absolute atomic E-state index is 0.194. The van der Waals surface area contributed by atoms with Crippen molar-refractivity contribution in [2.75, 3.05) is 0 Å². The predicted octanol–water partition coefficient (Wildman–Crippen LogP) is 1.31. The summed E-state index contributed by atoms with van der Waals surface area (Å²) in [5.41, 5.74) is 0. The normalized spacial score (nSPS) is 39.3. The Balaban J connectivity index is 2.56. The summed E-state index contributed by atoms with van der Waals surface area (Å²) in [6.45, 7) is 4.06. The highest BCUT2D eigenvalue weighted by molar-refractivity contribution is 4.94. The molecule has 0 saturated carbocycles. The van der Waals surface area contributed by atoms with Gasteiger partial charge in [-0.25, -0.2) is 0 Å². The van der Waals surface area contributed by atoms with Gasteiger partial charge in [-0.2, -0.15) is 0 Å². The first-order valence-electron chi connectivity index (χ1n) is 3.76. The Hall–Kier alpha value is -0.500. The van der Waals surface area contributed by atoms with Crippen LogP contribution in [0.25, 0.3) is 0 Å². The van der Waals surface area contributed by atoms with E-state index in [9.17, 15) is 5.11 Å². The molecule has 0 saturated heterocycles. The van der Waals surface area contributed by atoms with E-state index in [1.165, 1.54) is 0 Å². The summed E-state index contributed by atoms with van der Waals surface area (Å²) in [7, 11) is 0. The molecule has 0 unspecified atom stereocenters. The van der Waals surface area contributed by atoms with Crippen LogP contribution >= 0.6 is 0 Å². The van der Waals surface area contributed by atoms with Gasteiger partial charge in [0.1, 0.15) is 6.10 Å². The van der Waals surface area contributed by atoms with Crippen LogP contribution in [-0.2, 0) is 4.74 Å². The van der Waals surface area contributed by atoms with Crippen LogP contribution in [0.5, 0.6) is 0 Å². The lowest BCUT2D eigenvalue weighted by molar-refractivity contribution is 0.00978. The van der Waals surface area contributed by atoms with E-state index in [4.69, 9.17) is 4.74 Å². The number of ether oxygens (including phenoxy) is 1. The van der Waals surface area contributed by atoms with Crippen LogP contribution in [-0.4, -0.2) is 17.3 Å². The van der Waals surface area contributed by atoms with Gasteiger partial charge in [0.2, 0.25) is 0 Å². The Morgan fingerprint density at radius 3 is 2.80 bits per heavy atom. The maximum absolute atomic E-state index is 9.31. The lowest BCUT2D eigenvalue weighted by Crippen LogP contribution is -2.31. The van der Waals surface area contributed by atoms with Crippen molar-refractivity contribution in [2.24, 2.45) is 5.92 Å². The van der Waals surface area contributed by atoms with Crippen molar-refractivity contribution in [3.05, 3.63) is 12.3 Å². The zero-order chi connectivity index (χ0) is 7.56. The lowest BCUT2D eigenvalue weighted by atomic mass is 9.95. The summed E-state index contributed by atoms with van der Waals surface area (Å²) in [5, 5.41) is 9.31. The Kier molecular flexibility index (Phi) is 2.33. The van der Waals surface area contributed by atoms with Gasteiger partial charge in [0.15, 0.2) is 0 Å². The number of hydrogen-bond acceptors (Lipinski definition) is 2. The predicted molar refractivity (Wildman–Crippen MR) is 39.5 cm³/mol. The second kappa shape index (κ2) is 3.06. The highest BCUT2D eigenvalue weighted by Crippen LogP contribution is 2.20. The number of aliphatic hydroxyl groups is 1. The van der Waals surface area contributed by atoms with E-state index in [2.05, 4.69) is 6.92 Å². The molecule has 0 radical (unpaired) electrons. The van der Waals surface area contributed by atoms with E-state index in [0.29, 0.717) is 0 Å². The maximum atomic E-state index is 9.31. The summed E-state index contributed by atoms with van der Waals surface area (Å²) >= 11 is 0. The number of aliphatic hydroxyl groups excluding tert-OH is 1. The fourth-order valence-electron chi connectivity index (χ4n) is 1.21. The van der Waals surface area contributed by atoms with Crippen molar-refractivity contribution in [3.63, 3.8) is 0 Å². The van der Waals surface area contributed by atoms with Gasteiger partial charge in [0.05, 0.1) is 12.4 Å². The van der Waals surface area contributed by atoms with E-state index >= 15 is 0 Å². The summed E-state index contributed by atoms with van der Waals surface area (Å²) < 4.78 is 5.27. The molecule has 0 aromatic rings. The Labute approximate surface area is 61.5 Å². The average molecular weight is 142 g/mol. The van der Waals surface area contributed by atoms with Crippen LogP contribution < -0.4 is 0 Å². The van der Waals surface area contributed by atoms with Crippen molar-refractivity contribution < 1.29 is 9.84 Å². The van der Waals surface area contributed by atoms with Gasteiger partial charge in [-0.15, -0.1) is 0 Å². The molecule has 1 aliphatic heterocycles. The van der Waals surface area contributed by atoms with Gasteiger partial charge in [-0.05, 0) is 12.5 Å². The number of hydrogen-bond donors (Lipinski definition) is 1. The molecular formula is C8H14O2. The molecule has 1 rings (SSSR count). The van der Waals surface area contributed by atoms with Crippen LogP contribution in [0.3, 0.4) is 0 Å². The fourth-order valence-corrected chi connectivity index (χ4v) is 1.21. The average Bonchev–Trinajstić information content (AvgIpc) is 1.95. The van der Waals surface area contributed by atoms with Crippen molar-refractivity contribution in [2.45, 2.75) is 32.5 Å². The third-order valence-corrected chi connectivity index (χ3v) is 2.06. The highest BCUT2D eigenvalue weighted by Gasteiger charge is 2.24. The van der Waals surface area contributed by atoms with E-state index in [0.717, 1.165) is 6.42 Å². The Morgan fingerprint density at radius 1 is 1.60 bits per heavy atom. The second-order valence-corrected chi connectivity index (χ2v) is 2.76. The van der Waals surface area contributed by atoms with Crippen molar-refractivity contribution >= 4 is 0 Å². The molecule has 58 valence electrons. The molecule has 0 aromatic carbocycles. The third-order valence-electron chi connectivity index (χ3n) is 2.06. The quantitative estimate of drug-likeness (QED) is 0.598. The molecule has 1 heterocycles. The standard InChI is InChI=1S/C8H14O2/c1-3-8-6(2)7(9)4-5-10-8/h4-9H,3H2,1-2H3/t6-,7+,8+/m0/s1.